The standard InChI is InChI=1S/C13H17BrN2O3/c1-13(17)4-6-15(7-5-13)9-10-2-3-11(16(18)19)8-12(10)14/h2-3,8,17H,4-7,9H2,1H3. The average Bonchev–Trinajstić information content (AvgIpc) is 2.34. The molecule has 0 unspecified atom stereocenters. The zero-order chi connectivity index (χ0) is 14.0. The molecule has 1 aliphatic heterocycles. The van der Waals surface area contributed by atoms with E-state index in [2.05, 4.69) is 20.8 Å². The molecule has 1 aliphatic rings. The van der Waals surface area contributed by atoms with Crippen LogP contribution in [0.3, 0.4) is 0 Å². The predicted octanol–water partition coefficient (Wildman–Crippen LogP) is 2.70. The van der Waals surface area contributed by atoms with Gasteiger partial charge in [-0.05, 0) is 31.4 Å². The molecule has 0 atom stereocenters. The van der Waals surface area contributed by atoms with Crippen LogP contribution in [0.25, 0.3) is 0 Å². The lowest BCUT2D eigenvalue weighted by molar-refractivity contribution is -0.384. The Bertz CT molecular complexity index is 481. The Balaban J connectivity index is 2.02. The Labute approximate surface area is 120 Å². The highest BCUT2D eigenvalue weighted by molar-refractivity contribution is 9.10. The van der Waals surface area contributed by atoms with Crippen molar-refractivity contribution in [2.24, 2.45) is 0 Å². The number of nitrogens with zero attached hydrogens (tertiary/aromatic N) is 2. The normalized spacial score (nSPS) is 19.3. The molecule has 1 aromatic carbocycles. The van der Waals surface area contributed by atoms with Gasteiger partial charge in [-0.25, -0.2) is 0 Å². The maximum absolute atomic E-state index is 10.7. The highest BCUT2D eigenvalue weighted by Gasteiger charge is 2.27. The van der Waals surface area contributed by atoms with Crippen molar-refractivity contribution in [1.29, 1.82) is 0 Å². The van der Waals surface area contributed by atoms with Gasteiger partial charge < -0.3 is 5.11 Å². The van der Waals surface area contributed by atoms with Crippen molar-refractivity contribution < 1.29 is 10.0 Å². The topological polar surface area (TPSA) is 66.6 Å². The van der Waals surface area contributed by atoms with Crippen LogP contribution in [0.5, 0.6) is 0 Å². The van der Waals surface area contributed by atoms with Crippen LogP contribution in [-0.2, 0) is 6.54 Å². The van der Waals surface area contributed by atoms with E-state index in [1.165, 1.54) is 12.1 Å². The second kappa shape index (κ2) is 5.56. The number of likely N-dealkylation sites (tertiary alicyclic amines) is 1. The van der Waals surface area contributed by atoms with Gasteiger partial charge in [0, 0.05) is 36.2 Å². The maximum atomic E-state index is 10.7. The van der Waals surface area contributed by atoms with Gasteiger partial charge in [-0.15, -0.1) is 0 Å². The fourth-order valence-electron chi connectivity index (χ4n) is 2.21. The summed E-state index contributed by atoms with van der Waals surface area (Å²) >= 11 is 3.38. The molecule has 104 valence electrons. The van der Waals surface area contributed by atoms with Crippen LogP contribution >= 0.6 is 15.9 Å². The smallest absolute Gasteiger partial charge is 0.270 e. The third kappa shape index (κ3) is 3.75. The number of halogens is 1. The van der Waals surface area contributed by atoms with Gasteiger partial charge in [-0.1, -0.05) is 15.9 Å². The van der Waals surface area contributed by atoms with Gasteiger partial charge in [0.2, 0.25) is 0 Å². The van der Waals surface area contributed by atoms with E-state index in [9.17, 15) is 15.2 Å². The molecule has 0 radical (unpaired) electrons. The van der Waals surface area contributed by atoms with E-state index in [0.717, 1.165) is 42.5 Å². The number of nitro groups is 1. The minimum Gasteiger partial charge on any atom is -0.390 e. The molecule has 1 fully saturated rings. The molecule has 0 aromatic heterocycles. The summed E-state index contributed by atoms with van der Waals surface area (Å²) < 4.78 is 0.763. The van der Waals surface area contributed by atoms with Gasteiger partial charge in [0.05, 0.1) is 10.5 Å². The third-order valence-corrected chi connectivity index (χ3v) is 4.31. The van der Waals surface area contributed by atoms with Crippen molar-refractivity contribution in [2.45, 2.75) is 31.9 Å². The highest BCUT2D eigenvalue weighted by Crippen LogP contribution is 2.27. The lowest BCUT2D eigenvalue weighted by Crippen LogP contribution is -2.41. The Morgan fingerprint density at radius 2 is 2.11 bits per heavy atom. The molecule has 0 bridgehead atoms. The molecule has 0 spiro atoms. The van der Waals surface area contributed by atoms with Crippen molar-refractivity contribution in [3.63, 3.8) is 0 Å². The van der Waals surface area contributed by atoms with E-state index in [0.29, 0.717) is 0 Å². The number of piperidine rings is 1. The van der Waals surface area contributed by atoms with Gasteiger partial charge in [0.15, 0.2) is 0 Å². The number of nitro benzene ring substituents is 1. The van der Waals surface area contributed by atoms with E-state index < -0.39 is 10.5 Å². The Hall–Kier alpha value is -0.980. The lowest BCUT2D eigenvalue weighted by Gasteiger charge is -2.35. The summed E-state index contributed by atoms with van der Waals surface area (Å²) in [4.78, 5) is 12.5. The summed E-state index contributed by atoms with van der Waals surface area (Å²) in [6.07, 6.45) is 1.52. The molecule has 6 heteroatoms. The van der Waals surface area contributed by atoms with E-state index in [4.69, 9.17) is 0 Å². The molecule has 5 nitrogen and oxygen atoms in total. The SMILES string of the molecule is CC1(O)CCN(Cc2ccc([N+](=O)[O-])cc2Br)CC1. The van der Waals surface area contributed by atoms with Crippen molar-refractivity contribution in [3.8, 4) is 0 Å². The van der Waals surface area contributed by atoms with Crippen LogP contribution in [0, 0.1) is 10.1 Å². The van der Waals surface area contributed by atoms with Gasteiger partial charge in [0.1, 0.15) is 0 Å². The van der Waals surface area contributed by atoms with E-state index in [1.807, 2.05) is 6.92 Å². The van der Waals surface area contributed by atoms with E-state index in [1.54, 1.807) is 6.07 Å². The van der Waals surface area contributed by atoms with E-state index >= 15 is 0 Å². The molecular weight excluding hydrogens is 312 g/mol. The van der Waals surface area contributed by atoms with Gasteiger partial charge in [-0.2, -0.15) is 0 Å². The van der Waals surface area contributed by atoms with Crippen molar-refractivity contribution in [3.05, 3.63) is 38.3 Å². The van der Waals surface area contributed by atoms with Gasteiger partial charge >= 0.3 is 0 Å². The molecule has 0 aliphatic carbocycles. The zero-order valence-electron chi connectivity index (χ0n) is 10.8. The first kappa shape index (κ1) is 14.4. The minimum atomic E-state index is -0.552. The first-order valence-electron chi connectivity index (χ1n) is 6.25. The number of hydrogen-bond donors (Lipinski definition) is 1. The summed E-state index contributed by atoms with van der Waals surface area (Å²) in [7, 11) is 0. The summed E-state index contributed by atoms with van der Waals surface area (Å²) in [5, 5.41) is 20.6. The van der Waals surface area contributed by atoms with Gasteiger partial charge in [-0.3, -0.25) is 15.0 Å². The number of rotatable bonds is 3. The van der Waals surface area contributed by atoms with Crippen LogP contribution in [0.15, 0.2) is 22.7 Å². The van der Waals surface area contributed by atoms with Crippen LogP contribution in [0.1, 0.15) is 25.3 Å². The largest absolute Gasteiger partial charge is 0.390 e. The molecule has 0 amide bonds. The van der Waals surface area contributed by atoms with Crippen LogP contribution in [0.2, 0.25) is 0 Å². The fraction of sp³-hybridized carbons (Fsp3) is 0.538. The molecular formula is C13H17BrN2O3. The minimum absolute atomic E-state index is 0.0946. The maximum Gasteiger partial charge on any atom is 0.270 e. The summed E-state index contributed by atoms with van der Waals surface area (Å²) in [6.45, 7) is 4.30. The van der Waals surface area contributed by atoms with Crippen molar-refractivity contribution in [1.82, 2.24) is 4.90 Å². The zero-order valence-corrected chi connectivity index (χ0v) is 12.4. The summed E-state index contributed by atoms with van der Waals surface area (Å²) in [6, 6.07) is 4.85. The van der Waals surface area contributed by atoms with Crippen molar-refractivity contribution >= 4 is 21.6 Å². The number of benzene rings is 1. The predicted molar refractivity (Wildman–Crippen MR) is 75.9 cm³/mol. The Kier molecular flexibility index (Phi) is 4.23. The molecule has 1 aromatic rings. The Morgan fingerprint density at radius 3 is 2.63 bits per heavy atom. The molecule has 1 N–H and O–H groups in total. The Morgan fingerprint density at radius 1 is 1.47 bits per heavy atom. The monoisotopic (exact) mass is 328 g/mol. The first-order valence-corrected chi connectivity index (χ1v) is 7.04. The molecule has 1 saturated heterocycles. The average molecular weight is 329 g/mol. The number of non-ortho nitro benzene ring substituents is 1. The second-order valence-corrected chi connectivity index (χ2v) is 6.16. The van der Waals surface area contributed by atoms with Gasteiger partial charge in [0.25, 0.3) is 5.69 Å². The molecule has 19 heavy (non-hydrogen) atoms. The highest BCUT2D eigenvalue weighted by atomic mass is 79.9. The quantitative estimate of drug-likeness (QED) is 0.684. The summed E-state index contributed by atoms with van der Waals surface area (Å²) in [5.74, 6) is 0. The fourth-order valence-corrected chi connectivity index (χ4v) is 2.70. The van der Waals surface area contributed by atoms with E-state index in [-0.39, 0.29) is 5.69 Å². The number of aliphatic hydroxyl groups is 1. The number of hydrogen-bond acceptors (Lipinski definition) is 4. The molecule has 2 rings (SSSR count). The second-order valence-electron chi connectivity index (χ2n) is 5.31. The van der Waals surface area contributed by atoms with Crippen LogP contribution in [0.4, 0.5) is 5.69 Å². The van der Waals surface area contributed by atoms with Crippen molar-refractivity contribution in [2.75, 3.05) is 13.1 Å². The molecule has 1 heterocycles. The van der Waals surface area contributed by atoms with Crippen LogP contribution < -0.4 is 0 Å². The van der Waals surface area contributed by atoms with Crippen LogP contribution in [-0.4, -0.2) is 33.6 Å². The third-order valence-electron chi connectivity index (χ3n) is 3.57. The summed E-state index contributed by atoms with van der Waals surface area (Å²) in [5.41, 5.74) is 0.577. The lowest BCUT2D eigenvalue weighted by atomic mass is 9.93. The first-order chi connectivity index (χ1) is 8.87. The molecule has 0 saturated carbocycles.